The van der Waals surface area contributed by atoms with Gasteiger partial charge in [-0.05, 0) is 14.0 Å². The lowest BCUT2D eigenvalue weighted by Gasteiger charge is -2.18. The van der Waals surface area contributed by atoms with Crippen molar-refractivity contribution in [1.29, 1.82) is 0 Å². The zero-order chi connectivity index (χ0) is 9.78. The van der Waals surface area contributed by atoms with Crippen molar-refractivity contribution >= 4 is 11.6 Å². The number of nitrogens with zero attached hydrogens (tertiary/aromatic N) is 1. The Hall–Kier alpha value is 0.0400. The zero-order valence-electron chi connectivity index (χ0n) is 7.16. The highest BCUT2D eigenvalue weighted by Crippen LogP contribution is 2.19. The first kappa shape index (κ1) is 12.0. The molecule has 1 nitrogen and oxygen atoms in total. The molecule has 74 valence electrons. The largest absolute Gasteiger partial charge is 0.390 e. The average molecular weight is 204 g/mol. The minimum absolute atomic E-state index is 0.0144. The van der Waals surface area contributed by atoms with Gasteiger partial charge in [0.25, 0.3) is 0 Å². The number of hydrogen-bond donors (Lipinski definition) is 0. The summed E-state index contributed by atoms with van der Waals surface area (Å²) in [6, 6.07) is 0. The van der Waals surface area contributed by atoms with Crippen LogP contribution in [0.1, 0.15) is 13.3 Å². The molecule has 0 rings (SSSR count). The summed E-state index contributed by atoms with van der Waals surface area (Å²) >= 11 is 5.60. The van der Waals surface area contributed by atoms with E-state index in [1.807, 2.05) is 0 Å². The Morgan fingerprint density at radius 1 is 1.42 bits per heavy atom. The summed E-state index contributed by atoms with van der Waals surface area (Å²) in [6.45, 7) is 2.25. The summed E-state index contributed by atoms with van der Waals surface area (Å²) < 4.78 is 35.1. The fourth-order valence-electron chi connectivity index (χ4n) is 0.838. The van der Waals surface area contributed by atoms with Crippen LogP contribution in [0.15, 0.2) is 0 Å². The van der Waals surface area contributed by atoms with E-state index in [0.717, 1.165) is 0 Å². The van der Waals surface area contributed by atoms with Gasteiger partial charge in [-0.2, -0.15) is 13.2 Å². The second-order valence-corrected chi connectivity index (χ2v) is 3.65. The van der Waals surface area contributed by atoms with Crippen molar-refractivity contribution in [2.75, 3.05) is 20.1 Å². The van der Waals surface area contributed by atoms with Crippen LogP contribution in [0.25, 0.3) is 0 Å². The maximum atomic E-state index is 11.7. The molecular formula is C7H13ClF3N. The lowest BCUT2D eigenvalue weighted by Crippen LogP contribution is -2.28. The Labute approximate surface area is 75.5 Å². The van der Waals surface area contributed by atoms with Gasteiger partial charge in [0.15, 0.2) is 0 Å². The van der Waals surface area contributed by atoms with Gasteiger partial charge in [-0.25, -0.2) is 0 Å². The Balaban J connectivity index is 3.51. The average Bonchev–Trinajstić information content (AvgIpc) is 1.80. The van der Waals surface area contributed by atoms with Gasteiger partial charge in [0.05, 0.1) is 6.42 Å². The SMILES string of the molecule is CC(Cl)CN(C)CCC(F)(F)F. The van der Waals surface area contributed by atoms with Gasteiger partial charge in [-0.3, -0.25) is 0 Å². The first-order valence-corrected chi connectivity index (χ1v) is 4.14. The standard InChI is InChI=1S/C7H13ClF3N/c1-6(8)5-12(2)4-3-7(9,10)11/h6H,3-5H2,1-2H3. The van der Waals surface area contributed by atoms with Gasteiger partial charge in [-0.1, -0.05) is 0 Å². The Kier molecular flexibility index (Phi) is 4.94. The summed E-state index contributed by atoms with van der Waals surface area (Å²) in [5.41, 5.74) is 0. The molecule has 0 N–H and O–H groups in total. The fourth-order valence-corrected chi connectivity index (χ4v) is 1.07. The molecular weight excluding hydrogens is 191 g/mol. The number of alkyl halides is 4. The van der Waals surface area contributed by atoms with Crippen LogP contribution < -0.4 is 0 Å². The molecule has 0 bridgehead atoms. The smallest absolute Gasteiger partial charge is 0.305 e. The second-order valence-electron chi connectivity index (χ2n) is 2.91. The summed E-state index contributed by atoms with van der Waals surface area (Å²) in [6.07, 6.45) is -4.84. The maximum absolute atomic E-state index is 11.7. The van der Waals surface area contributed by atoms with E-state index in [1.165, 1.54) is 0 Å². The lowest BCUT2D eigenvalue weighted by atomic mass is 10.3. The zero-order valence-corrected chi connectivity index (χ0v) is 7.91. The Bertz CT molecular complexity index is 124. The third-order valence-corrected chi connectivity index (χ3v) is 1.48. The van der Waals surface area contributed by atoms with Crippen LogP contribution >= 0.6 is 11.6 Å². The van der Waals surface area contributed by atoms with Crippen LogP contribution in [0.4, 0.5) is 13.2 Å². The van der Waals surface area contributed by atoms with Crippen molar-refractivity contribution in [3.05, 3.63) is 0 Å². The quantitative estimate of drug-likeness (QED) is 0.635. The van der Waals surface area contributed by atoms with Gasteiger partial charge < -0.3 is 4.90 Å². The van der Waals surface area contributed by atoms with Crippen LogP contribution in [-0.4, -0.2) is 36.6 Å². The topological polar surface area (TPSA) is 3.24 Å². The first-order valence-electron chi connectivity index (χ1n) is 3.70. The van der Waals surface area contributed by atoms with Crippen molar-refractivity contribution in [2.24, 2.45) is 0 Å². The number of halogens is 4. The highest BCUT2D eigenvalue weighted by Gasteiger charge is 2.27. The van der Waals surface area contributed by atoms with Gasteiger partial charge in [0.2, 0.25) is 0 Å². The molecule has 5 heteroatoms. The predicted octanol–water partition coefficient (Wildman–Crippen LogP) is 2.50. The van der Waals surface area contributed by atoms with E-state index in [4.69, 9.17) is 11.6 Å². The molecule has 0 aliphatic heterocycles. The molecule has 0 amide bonds. The third kappa shape index (κ3) is 8.14. The van der Waals surface area contributed by atoms with Crippen molar-refractivity contribution in [3.63, 3.8) is 0 Å². The minimum Gasteiger partial charge on any atom is -0.305 e. The van der Waals surface area contributed by atoms with Gasteiger partial charge in [0.1, 0.15) is 0 Å². The normalized spacial score (nSPS) is 15.2. The highest BCUT2D eigenvalue weighted by molar-refractivity contribution is 6.20. The van der Waals surface area contributed by atoms with Gasteiger partial charge in [-0.15, -0.1) is 11.6 Å². The molecule has 0 fully saturated rings. The molecule has 0 saturated carbocycles. The summed E-state index contributed by atoms with van der Waals surface area (Å²) in [7, 11) is 1.63. The van der Waals surface area contributed by atoms with Crippen LogP contribution in [0, 0.1) is 0 Å². The van der Waals surface area contributed by atoms with E-state index in [-0.39, 0.29) is 11.9 Å². The molecule has 0 radical (unpaired) electrons. The lowest BCUT2D eigenvalue weighted by molar-refractivity contribution is -0.137. The van der Waals surface area contributed by atoms with Crippen LogP contribution in [0.3, 0.4) is 0 Å². The molecule has 0 heterocycles. The van der Waals surface area contributed by atoms with E-state index < -0.39 is 12.6 Å². The molecule has 0 aromatic carbocycles. The minimum atomic E-state index is -4.07. The summed E-state index contributed by atoms with van der Waals surface area (Å²) in [5.74, 6) is 0. The van der Waals surface area contributed by atoms with E-state index in [0.29, 0.717) is 6.54 Å². The summed E-state index contributed by atoms with van der Waals surface area (Å²) in [5, 5.41) is -0.108. The second kappa shape index (κ2) is 4.92. The van der Waals surface area contributed by atoms with Crippen LogP contribution in [0.5, 0.6) is 0 Å². The van der Waals surface area contributed by atoms with E-state index in [2.05, 4.69) is 0 Å². The molecule has 12 heavy (non-hydrogen) atoms. The molecule has 0 saturated heterocycles. The third-order valence-electron chi connectivity index (χ3n) is 1.34. The monoisotopic (exact) mass is 203 g/mol. The van der Waals surface area contributed by atoms with E-state index in [1.54, 1.807) is 18.9 Å². The first-order chi connectivity index (χ1) is 5.31. The van der Waals surface area contributed by atoms with Gasteiger partial charge in [0, 0.05) is 18.5 Å². The fraction of sp³-hybridized carbons (Fsp3) is 1.00. The highest BCUT2D eigenvalue weighted by atomic mass is 35.5. The van der Waals surface area contributed by atoms with Gasteiger partial charge >= 0.3 is 6.18 Å². The van der Waals surface area contributed by atoms with Crippen LogP contribution in [-0.2, 0) is 0 Å². The van der Waals surface area contributed by atoms with Crippen molar-refractivity contribution < 1.29 is 13.2 Å². The molecule has 0 spiro atoms. The van der Waals surface area contributed by atoms with Crippen molar-refractivity contribution in [3.8, 4) is 0 Å². The Morgan fingerprint density at radius 2 is 1.92 bits per heavy atom. The summed E-state index contributed by atoms with van der Waals surface area (Å²) in [4.78, 5) is 1.57. The van der Waals surface area contributed by atoms with Crippen molar-refractivity contribution in [1.82, 2.24) is 4.90 Å². The molecule has 1 unspecified atom stereocenters. The number of hydrogen-bond acceptors (Lipinski definition) is 1. The van der Waals surface area contributed by atoms with Crippen molar-refractivity contribution in [2.45, 2.75) is 24.9 Å². The molecule has 0 aliphatic rings. The molecule has 0 aromatic rings. The maximum Gasteiger partial charge on any atom is 0.390 e. The van der Waals surface area contributed by atoms with E-state index >= 15 is 0 Å². The van der Waals surface area contributed by atoms with Crippen LogP contribution in [0.2, 0.25) is 0 Å². The molecule has 0 aromatic heterocycles. The predicted molar refractivity (Wildman–Crippen MR) is 43.5 cm³/mol. The molecule has 1 atom stereocenters. The number of rotatable bonds is 4. The van der Waals surface area contributed by atoms with E-state index in [9.17, 15) is 13.2 Å². The molecule has 0 aliphatic carbocycles. The Morgan fingerprint density at radius 3 is 2.25 bits per heavy atom.